The van der Waals surface area contributed by atoms with Gasteiger partial charge in [0.2, 0.25) is 0 Å². The molecule has 0 spiro atoms. The Morgan fingerprint density at radius 1 is 0.609 bits per heavy atom. The molecule has 0 saturated carbocycles. The molecular formula is C20H15N3. The van der Waals surface area contributed by atoms with Gasteiger partial charge in [-0.3, -0.25) is 9.55 Å². The summed E-state index contributed by atoms with van der Waals surface area (Å²) in [5.74, 6) is 0.942. The molecule has 0 atom stereocenters. The number of para-hydroxylation sites is 1. The highest BCUT2D eigenvalue weighted by molar-refractivity contribution is 5.68. The van der Waals surface area contributed by atoms with Gasteiger partial charge in [-0.2, -0.15) is 0 Å². The lowest BCUT2D eigenvalue weighted by atomic mass is 10.0. The molecule has 0 aliphatic rings. The average Bonchev–Trinajstić information content (AvgIpc) is 3.13. The Bertz CT molecular complexity index is 895. The standard InChI is InChI=1S/C20H15N3/c1-2-4-19(5-3-1)23-15-14-22-20(23)18-8-6-16(7-9-18)17-10-12-21-13-11-17/h1-15H. The summed E-state index contributed by atoms with van der Waals surface area (Å²) in [6, 6.07) is 22.7. The van der Waals surface area contributed by atoms with E-state index in [2.05, 4.69) is 50.9 Å². The van der Waals surface area contributed by atoms with Crippen LogP contribution in [0.3, 0.4) is 0 Å². The van der Waals surface area contributed by atoms with Crippen LogP contribution in [0.15, 0.2) is 91.5 Å². The number of benzene rings is 2. The zero-order valence-corrected chi connectivity index (χ0v) is 12.5. The Kier molecular flexibility index (Phi) is 3.45. The molecule has 0 radical (unpaired) electrons. The second-order valence-electron chi connectivity index (χ2n) is 5.27. The van der Waals surface area contributed by atoms with Crippen molar-refractivity contribution in [2.45, 2.75) is 0 Å². The maximum atomic E-state index is 4.52. The van der Waals surface area contributed by atoms with E-state index >= 15 is 0 Å². The van der Waals surface area contributed by atoms with Crippen LogP contribution in [0.25, 0.3) is 28.2 Å². The molecule has 3 heteroatoms. The zero-order chi connectivity index (χ0) is 15.5. The molecule has 2 aromatic heterocycles. The van der Waals surface area contributed by atoms with Gasteiger partial charge in [0.1, 0.15) is 5.82 Å². The third-order valence-electron chi connectivity index (χ3n) is 3.83. The molecule has 0 amide bonds. The van der Waals surface area contributed by atoms with Crippen LogP contribution in [0.1, 0.15) is 0 Å². The Balaban J connectivity index is 1.72. The normalized spacial score (nSPS) is 10.6. The van der Waals surface area contributed by atoms with E-state index in [0.29, 0.717) is 0 Å². The molecule has 0 aliphatic heterocycles. The number of imidazole rings is 1. The molecule has 2 heterocycles. The van der Waals surface area contributed by atoms with E-state index in [4.69, 9.17) is 0 Å². The maximum absolute atomic E-state index is 4.52. The zero-order valence-electron chi connectivity index (χ0n) is 12.5. The van der Waals surface area contributed by atoms with Crippen molar-refractivity contribution in [3.63, 3.8) is 0 Å². The molecule has 0 aliphatic carbocycles. The van der Waals surface area contributed by atoms with Gasteiger partial charge in [-0.25, -0.2) is 4.98 Å². The fraction of sp³-hybridized carbons (Fsp3) is 0. The van der Waals surface area contributed by atoms with Gasteiger partial charge in [-0.1, -0.05) is 42.5 Å². The minimum atomic E-state index is 0.942. The van der Waals surface area contributed by atoms with E-state index in [1.165, 1.54) is 5.56 Å². The first kappa shape index (κ1) is 13.5. The molecule has 0 saturated heterocycles. The largest absolute Gasteiger partial charge is 0.300 e. The molecule has 0 bridgehead atoms. The third-order valence-corrected chi connectivity index (χ3v) is 3.83. The van der Waals surface area contributed by atoms with Gasteiger partial charge in [-0.15, -0.1) is 0 Å². The predicted octanol–water partition coefficient (Wildman–Crippen LogP) is 4.60. The van der Waals surface area contributed by atoms with Crippen molar-refractivity contribution in [2.24, 2.45) is 0 Å². The molecule has 2 aromatic carbocycles. The van der Waals surface area contributed by atoms with Crippen molar-refractivity contribution < 1.29 is 0 Å². The van der Waals surface area contributed by atoms with Gasteiger partial charge in [0.05, 0.1) is 0 Å². The van der Waals surface area contributed by atoms with Crippen molar-refractivity contribution >= 4 is 0 Å². The summed E-state index contributed by atoms with van der Waals surface area (Å²) in [7, 11) is 0. The first-order valence-corrected chi connectivity index (χ1v) is 7.51. The lowest BCUT2D eigenvalue weighted by molar-refractivity contribution is 1.07. The molecule has 0 N–H and O–H groups in total. The van der Waals surface area contributed by atoms with E-state index in [9.17, 15) is 0 Å². The third kappa shape index (κ3) is 2.64. The summed E-state index contributed by atoms with van der Waals surface area (Å²) in [6.45, 7) is 0. The number of hydrogen-bond acceptors (Lipinski definition) is 2. The number of nitrogens with zero attached hydrogens (tertiary/aromatic N) is 3. The van der Waals surface area contributed by atoms with Crippen molar-refractivity contribution in [3.05, 3.63) is 91.5 Å². The highest BCUT2D eigenvalue weighted by Crippen LogP contribution is 2.25. The van der Waals surface area contributed by atoms with Gasteiger partial charge in [0, 0.05) is 36.0 Å². The maximum Gasteiger partial charge on any atom is 0.144 e. The summed E-state index contributed by atoms with van der Waals surface area (Å²) >= 11 is 0. The summed E-state index contributed by atoms with van der Waals surface area (Å²) in [6.07, 6.45) is 7.44. The lowest BCUT2D eigenvalue weighted by Gasteiger charge is -2.08. The summed E-state index contributed by atoms with van der Waals surface area (Å²) in [4.78, 5) is 8.58. The molecule has 3 nitrogen and oxygen atoms in total. The van der Waals surface area contributed by atoms with Crippen molar-refractivity contribution in [1.29, 1.82) is 0 Å². The van der Waals surface area contributed by atoms with Crippen LogP contribution in [0, 0.1) is 0 Å². The van der Waals surface area contributed by atoms with E-state index < -0.39 is 0 Å². The highest BCUT2D eigenvalue weighted by atomic mass is 15.1. The topological polar surface area (TPSA) is 30.7 Å². The smallest absolute Gasteiger partial charge is 0.144 e. The van der Waals surface area contributed by atoms with E-state index in [1.54, 1.807) is 0 Å². The molecule has 23 heavy (non-hydrogen) atoms. The quantitative estimate of drug-likeness (QED) is 0.553. The Morgan fingerprint density at radius 3 is 2.00 bits per heavy atom. The van der Waals surface area contributed by atoms with Crippen LogP contribution >= 0.6 is 0 Å². The Labute approximate surface area is 134 Å². The molecule has 4 rings (SSSR count). The van der Waals surface area contributed by atoms with Crippen molar-refractivity contribution in [3.8, 4) is 28.2 Å². The van der Waals surface area contributed by atoms with Crippen molar-refractivity contribution in [1.82, 2.24) is 14.5 Å². The fourth-order valence-corrected chi connectivity index (χ4v) is 2.67. The molecule has 110 valence electrons. The van der Waals surface area contributed by atoms with Gasteiger partial charge in [0.25, 0.3) is 0 Å². The SMILES string of the molecule is c1ccc(-n2ccnc2-c2ccc(-c3ccncc3)cc2)cc1. The number of aromatic nitrogens is 3. The van der Waals surface area contributed by atoms with Gasteiger partial charge >= 0.3 is 0 Å². The van der Waals surface area contributed by atoms with E-state index in [-0.39, 0.29) is 0 Å². The average molecular weight is 297 g/mol. The predicted molar refractivity (Wildman–Crippen MR) is 92.2 cm³/mol. The van der Waals surface area contributed by atoms with Crippen LogP contribution in [-0.2, 0) is 0 Å². The lowest BCUT2D eigenvalue weighted by Crippen LogP contribution is -1.95. The highest BCUT2D eigenvalue weighted by Gasteiger charge is 2.07. The van der Waals surface area contributed by atoms with Crippen LogP contribution in [0.2, 0.25) is 0 Å². The number of hydrogen-bond donors (Lipinski definition) is 0. The monoisotopic (exact) mass is 297 g/mol. The van der Waals surface area contributed by atoms with Crippen LogP contribution in [-0.4, -0.2) is 14.5 Å². The van der Waals surface area contributed by atoms with Gasteiger partial charge < -0.3 is 0 Å². The van der Waals surface area contributed by atoms with Crippen molar-refractivity contribution in [2.75, 3.05) is 0 Å². The summed E-state index contributed by atoms with van der Waals surface area (Å²) in [5, 5.41) is 0. The van der Waals surface area contributed by atoms with Crippen LogP contribution < -0.4 is 0 Å². The second kappa shape index (κ2) is 5.89. The number of pyridine rings is 1. The van der Waals surface area contributed by atoms with Gasteiger partial charge in [0.15, 0.2) is 0 Å². The van der Waals surface area contributed by atoms with Crippen LogP contribution in [0.5, 0.6) is 0 Å². The summed E-state index contributed by atoms with van der Waals surface area (Å²) in [5.41, 5.74) is 4.54. The van der Waals surface area contributed by atoms with Gasteiger partial charge in [-0.05, 0) is 35.4 Å². The van der Waals surface area contributed by atoms with E-state index in [1.807, 2.05) is 55.1 Å². The molecule has 0 unspecified atom stereocenters. The Morgan fingerprint density at radius 2 is 1.26 bits per heavy atom. The molecular weight excluding hydrogens is 282 g/mol. The molecule has 4 aromatic rings. The Hall–Kier alpha value is -3.20. The van der Waals surface area contributed by atoms with Crippen LogP contribution in [0.4, 0.5) is 0 Å². The first-order chi connectivity index (χ1) is 11.4. The first-order valence-electron chi connectivity index (χ1n) is 7.51. The second-order valence-corrected chi connectivity index (χ2v) is 5.27. The van der Waals surface area contributed by atoms with E-state index in [0.717, 1.165) is 22.6 Å². The molecule has 0 fully saturated rings. The minimum absolute atomic E-state index is 0.942. The summed E-state index contributed by atoms with van der Waals surface area (Å²) < 4.78 is 2.10. The minimum Gasteiger partial charge on any atom is -0.300 e. The fourth-order valence-electron chi connectivity index (χ4n) is 2.67. The number of rotatable bonds is 3.